The van der Waals surface area contributed by atoms with Gasteiger partial charge in [-0.05, 0) is 18.7 Å². The van der Waals surface area contributed by atoms with Crippen LogP contribution in [0.15, 0.2) is 30.3 Å². The van der Waals surface area contributed by atoms with Crippen molar-refractivity contribution < 1.29 is 9.53 Å². The van der Waals surface area contributed by atoms with E-state index in [1.807, 2.05) is 30.3 Å². The van der Waals surface area contributed by atoms with Crippen molar-refractivity contribution in [2.45, 2.75) is 24.9 Å². The molecule has 1 fully saturated rings. The Kier molecular flexibility index (Phi) is 4.61. The van der Waals surface area contributed by atoms with Crippen molar-refractivity contribution in [1.82, 2.24) is 5.32 Å². The number of nitrogens with one attached hydrogen (secondary N) is 1. The average Bonchev–Trinajstić information content (AvgIpc) is 2.41. The van der Waals surface area contributed by atoms with Crippen LogP contribution in [0.3, 0.4) is 0 Å². The van der Waals surface area contributed by atoms with Gasteiger partial charge in [-0.1, -0.05) is 30.3 Å². The van der Waals surface area contributed by atoms with Crippen LogP contribution in [0.4, 0.5) is 0 Å². The Morgan fingerprint density at radius 3 is 2.56 bits per heavy atom. The lowest BCUT2D eigenvalue weighted by Crippen LogP contribution is -2.43. The minimum absolute atomic E-state index is 0.212. The van der Waals surface area contributed by atoms with Crippen molar-refractivity contribution >= 4 is 17.6 Å². The van der Waals surface area contributed by atoms with E-state index < -0.39 is 5.60 Å². The van der Waals surface area contributed by atoms with E-state index in [0.717, 1.165) is 31.5 Å². The summed E-state index contributed by atoms with van der Waals surface area (Å²) < 4.78 is 5.74. The first-order valence-electron chi connectivity index (χ1n) is 6.31. The molecule has 0 saturated carbocycles. The van der Waals surface area contributed by atoms with E-state index >= 15 is 0 Å². The molecule has 0 atom stereocenters. The minimum Gasteiger partial charge on any atom is -0.454 e. The summed E-state index contributed by atoms with van der Waals surface area (Å²) in [6, 6.07) is 9.99. The maximum Gasteiger partial charge on any atom is 0.307 e. The van der Waals surface area contributed by atoms with Crippen molar-refractivity contribution in [3.8, 4) is 0 Å². The van der Waals surface area contributed by atoms with E-state index in [4.69, 9.17) is 16.3 Å². The molecule has 1 aliphatic heterocycles. The van der Waals surface area contributed by atoms with Crippen LogP contribution in [0.2, 0.25) is 0 Å². The lowest BCUT2D eigenvalue weighted by Gasteiger charge is -2.37. The fourth-order valence-electron chi connectivity index (χ4n) is 2.37. The van der Waals surface area contributed by atoms with E-state index in [9.17, 15) is 4.79 Å². The summed E-state index contributed by atoms with van der Waals surface area (Å²) in [7, 11) is 0. The molecule has 0 spiro atoms. The van der Waals surface area contributed by atoms with Gasteiger partial charge in [0, 0.05) is 18.7 Å². The van der Waals surface area contributed by atoms with Gasteiger partial charge in [-0.15, -0.1) is 11.6 Å². The molecule has 4 heteroatoms. The van der Waals surface area contributed by atoms with Crippen LogP contribution in [0.5, 0.6) is 0 Å². The highest BCUT2D eigenvalue weighted by molar-refractivity contribution is 6.18. The van der Waals surface area contributed by atoms with Gasteiger partial charge in [0.2, 0.25) is 0 Å². The lowest BCUT2D eigenvalue weighted by atomic mass is 9.85. The third-order valence-corrected chi connectivity index (χ3v) is 3.51. The molecule has 1 heterocycles. The summed E-state index contributed by atoms with van der Waals surface area (Å²) >= 11 is 5.59. The van der Waals surface area contributed by atoms with Crippen LogP contribution < -0.4 is 5.32 Å². The van der Waals surface area contributed by atoms with Gasteiger partial charge in [0.05, 0.1) is 6.42 Å². The monoisotopic (exact) mass is 267 g/mol. The SMILES string of the molecule is O=C(CCCl)OC1(c2ccccc2)CCNCC1. The molecule has 0 aliphatic carbocycles. The number of piperidine rings is 1. The highest BCUT2D eigenvalue weighted by Gasteiger charge is 2.37. The molecule has 1 aromatic rings. The molecular weight excluding hydrogens is 250 g/mol. The fraction of sp³-hybridized carbons (Fsp3) is 0.500. The molecule has 0 amide bonds. The molecule has 1 aromatic carbocycles. The summed E-state index contributed by atoms with van der Waals surface area (Å²) in [5, 5.41) is 3.30. The number of benzene rings is 1. The quantitative estimate of drug-likeness (QED) is 0.673. The van der Waals surface area contributed by atoms with Crippen molar-refractivity contribution in [1.29, 1.82) is 0 Å². The Morgan fingerprint density at radius 1 is 1.28 bits per heavy atom. The van der Waals surface area contributed by atoms with E-state index in [1.54, 1.807) is 0 Å². The molecule has 98 valence electrons. The summed E-state index contributed by atoms with van der Waals surface area (Å²) in [6.07, 6.45) is 1.89. The Morgan fingerprint density at radius 2 is 1.94 bits per heavy atom. The highest BCUT2D eigenvalue weighted by atomic mass is 35.5. The van der Waals surface area contributed by atoms with Crippen molar-refractivity contribution in [2.24, 2.45) is 0 Å². The van der Waals surface area contributed by atoms with E-state index in [1.165, 1.54) is 0 Å². The Balaban J connectivity index is 2.20. The third kappa shape index (κ3) is 3.03. The number of alkyl halides is 1. The lowest BCUT2D eigenvalue weighted by molar-refractivity contribution is -0.163. The minimum atomic E-state index is -0.477. The van der Waals surface area contributed by atoms with Crippen LogP contribution >= 0.6 is 11.6 Å². The van der Waals surface area contributed by atoms with Gasteiger partial charge in [-0.3, -0.25) is 4.79 Å². The molecule has 2 rings (SSSR count). The summed E-state index contributed by atoms with van der Waals surface area (Å²) in [6.45, 7) is 1.73. The van der Waals surface area contributed by atoms with Gasteiger partial charge in [0.25, 0.3) is 0 Å². The second-order valence-electron chi connectivity index (χ2n) is 4.52. The fourth-order valence-corrected chi connectivity index (χ4v) is 2.52. The number of hydrogen-bond acceptors (Lipinski definition) is 3. The van der Waals surface area contributed by atoms with E-state index in [-0.39, 0.29) is 12.4 Å². The number of carbonyl (C=O) groups excluding carboxylic acids is 1. The molecule has 0 unspecified atom stereocenters. The molecule has 0 radical (unpaired) electrons. The van der Waals surface area contributed by atoms with Crippen molar-refractivity contribution in [3.63, 3.8) is 0 Å². The standard InChI is InChI=1S/C14H18ClNO2/c15-9-6-13(17)18-14(7-10-16-11-8-14)12-4-2-1-3-5-12/h1-5,16H,6-11H2. The molecule has 0 aromatic heterocycles. The molecule has 1 aliphatic rings. The Hall–Kier alpha value is -1.06. The number of carbonyl (C=O) groups is 1. The van der Waals surface area contributed by atoms with Crippen molar-refractivity contribution in [3.05, 3.63) is 35.9 Å². The molecule has 1 saturated heterocycles. The average molecular weight is 268 g/mol. The normalized spacial score (nSPS) is 18.3. The Bertz CT molecular complexity index is 388. The number of ether oxygens (including phenoxy) is 1. The van der Waals surface area contributed by atoms with Crippen LogP contribution in [-0.2, 0) is 15.1 Å². The maximum atomic E-state index is 11.8. The number of halogens is 1. The van der Waals surface area contributed by atoms with Crippen LogP contribution in [0.25, 0.3) is 0 Å². The molecule has 18 heavy (non-hydrogen) atoms. The van der Waals surface area contributed by atoms with Gasteiger partial charge in [-0.25, -0.2) is 0 Å². The summed E-state index contributed by atoms with van der Waals surface area (Å²) in [4.78, 5) is 11.8. The van der Waals surface area contributed by atoms with Crippen LogP contribution in [0.1, 0.15) is 24.8 Å². The zero-order valence-electron chi connectivity index (χ0n) is 10.3. The summed E-state index contributed by atoms with van der Waals surface area (Å²) in [5.74, 6) is 0.0952. The number of hydrogen-bond donors (Lipinski definition) is 1. The molecule has 0 bridgehead atoms. The van der Waals surface area contributed by atoms with Crippen LogP contribution in [-0.4, -0.2) is 24.9 Å². The largest absolute Gasteiger partial charge is 0.454 e. The predicted octanol–water partition coefficient (Wildman–Crippen LogP) is 2.44. The van der Waals surface area contributed by atoms with Gasteiger partial charge in [-0.2, -0.15) is 0 Å². The second kappa shape index (κ2) is 6.21. The number of rotatable bonds is 4. The van der Waals surface area contributed by atoms with Gasteiger partial charge >= 0.3 is 5.97 Å². The second-order valence-corrected chi connectivity index (χ2v) is 4.90. The van der Waals surface area contributed by atoms with Crippen molar-refractivity contribution in [2.75, 3.05) is 19.0 Å². The first kappa shape index (κ1) is 13.4. The molecule has 1 N–H and O–H groups in total. The topological polar surface area (TPSA) is 38.3 Å². The van der Waals surface area contributed by atoms with Gasteiger partial charge < -0.3 is 10.1 Å². The zero-order chi connectivity index (χ0) is 12.8. The first-order chi connectivity index (χ1) is 8.77. The van der Waals surface area contributed by atoms with Gasteiger partial charge in [0.1, 0.15) is 5.60 Å². The van der Waals surface area contributed by atoms with Crippen LogP contribution in [0, 0.1) is 0 Å². The molecular formula is C14H18ClNO2. The summed E-state index contributed by atoms with van der Waals surface area (Å²) in [5.41, 5.74) is 0.602. The zero-order valence-corrected chi connectivity index (χ0v) is 11.1. The third-order valence-electron chi connectivity index (χ3n) is 3.32. The van der Waals surface area contributed by atoms with Gasteiger partial charge in [0.15, 0.2) is 0 Å². The molecule has 3 nitrogen and oxygen atoms in total. The predicted molar refractivity (Wildman–Crippen MR) is 71.7 cm³/mol. The maximum absolute atomic E-state index is 11.8. The highest BCUT2D eigenvalue weighted by Crippen LogP contribution is 2.35. The first-order valence-corrected chi connectivity index (χ1v) is 6.84. The smallest absolute Gasteiger partial charge is 0.307 e. The van der Waals surface area contributed by atoms with E-state index in [2.05, 4.69) is 5.32 Å². The number of esters is 1. The Labute approximate surface area is 112 Å². The van der Waals surface area contributed by atoms with E-state index in [0.29, 0.717) is 5.88 Å².